The highest BCUT2D eigenvalue weighted by Crippen LogP contribution is 2.03. The van der Waals surface area contributed by atoms with Crippen LogP contribution in [0.3, 0.4) is 0 Å². The van der Waals surface area contributed by atoms with Gasteiger partial charge in [0, 0.05) is 5.21 Å². The van der Waals surface area contributed by atoms with Crippen LogP contribution in [0.25, 0.3) is 0 Å². The Labute approximate surface area is 129 Å². The summed E-state index contributed by atoms with van der Waals surface area (Å²) >= 11 is 0. The Balaban J connectivity index is 1.86. The molecule has 0 saturated heterocycles. The third kappa shape index (κ3) is 4.91. The molecule has 0 fully saturated rings. The number of amides is 1. The van der Waals surface area contributed by atoms with E-state index in [1.807, 2.05) is 0 Å². The maximum absolute atomic E-state index is 12.8. The van der Waals surface area contributed by atoms with Gasteiger partial charge in [0.05, 0.1) is 22.3 Å². The predicted octanol–water partition coefficient (Wildman–Crippen LogP) is 0.455. The number of carbonyl (C=O) groups excluding carboxylic acids is 1. The molecule has 0 aliphatic carbocycles. The molecular weight excluding hydrogens is 309 g/mol. The maximum atomic E-state index is 12.8. The number of carbonyl (C=O) groups is 1. The Morgan fingerprint density at radius 3 is 2.74 bits per heavy atom. The number of nitrogens with one attached hydrogen (secondary N) is 1. The van der Waals surface area contributed by atoms with Crippen LogP contribution in [0.1, 0.15) is 12.5 Å². The molecule has 1 aromatic carbocycles. The summed E-state index contributed by atoms with van der Waals surface area (Å²) in [4.78, 5) is 22.3. The molecule has 2 rings (SSSR count). The fourth-order valence-corrected chi connectivity index (χ4v) is 1.60. The van der Waals surface area contributed by atoms with E-state index in [1.165, 1.54) is 24.3 Å². The number of hydrazone groups is 1. The van der Waals surface area contributed by atoms with E-state index in [1.54, 1.807) is 6.92 Å². The van der Waals surface area contributed by atoms with Crippen LogP contribution in [0, 0.1) is 15.9 Å². The van der Waals surface area contributed by atoms with Crippen molar-refractivity contribution in [1.82, 2.24) is 25.6 Å². The number of benzene rings is 1. The minimum atomic E-state index is -0.763. The second-order valence-electron chi connectivity index (χ2n) is 4.56. The van der Waals surface area contributed by atoms with Gasteiger partial charge in [0.15, 0.2) is 0 Å². The monoisotopic (exact) mass is 321 g/mol. The van der Waals surface area contributed by atoms with Crippen molar-refractivity contribution in [2.24, 2.45) is 5.10 Å². The number of hydrogen-bond donors (Lipinski definition) is 1. The van der Waals surface area contributed by atoms with E-state index in [2.05, 4.69) is 25.9 Å². The van der Waals surface area contributed by atoms with Crippen LogP contribution in [0.2, 0.25) is 0 Å². The first-order valence-corrected chi connectivity index (χ1v) is 6.42. The Bertz CT molecular complexity index is 741. The molecule has 1 heterocycles. The normalized spacial score (nSPS) is 11.3. The lowest BCUT2D eigenvalue weighted by molar-refractivity contribution is -0.394. The summed E-state index contributed by atoms with van der Waals surface area (Å²) in [6.45, 7) is 1.63. The molecule has 0 unspecified atom stereocenters. The zero-order chi connectivity index (χ0) is 16.8. The van der Waals surface area contributed by atoms with Crippen LogP contribution in [0.5, 0.6) is 0 Å². The Morgan fingerprint density at radius 1 is 1.43 bits per heavy atom. The summed E-state index contributed by atoms with van der Waals surface area (Å²) in [5.74, 6) is -1.37. The highest BCUT2D eigenvalue weighted by atomic mass is 19.1. The number of halogens is 1. The van der Waals surface area contributed by atoms with Crippen molar-refractivity contribution in [3.63, 3.8) is 0 Å². The van der Waals surface area contributed by atoms with Gasteiger partial charge >= 0.3 is 5.95 Å². The lowest BCUT2D eigenvalue weighted by Crippen LogP contribution is -2.22. The van der Waals surface area contributed by atoms with Gasteiger partial charge in [0.1, 0.15) is 12.4 Å². The number of tetrazole rings is 1. The molecule has 0 aliphatic rings. The van der Waals surface area contributed by atoms with Crippen molar-refractivity contribution >= 4 is 17.6 Å². The van der Waals surface area contributed by atoms with Crippen LogP contribution in [0.15, 0.2) is 29.4 Å². The fourth-order valence-electron chi connectivity index (χ4n) is 1.60. The molecule has 23 heavy (non-hydrogen) atoms. The Morgan fingerprint density at radius 2 is 2.13 bits per heavy atom. The van der Waals surface area contributed by atoms with Crippen molar-refractivity contribution in [1.29, 1.82) is 0 Å². The van der Waals surface area contributed by atoms with Crippen LogP contribution < -0.4 is 5.43 Å². The lowest BCUT2D eigenvalue weighted by Gasteiger charge is -2.02. The van der Waals surface area contributed by atoms with E-state index in [0.717, 1.165) is 4.80 Å². The Kier molecular flexibility index (Phi) is 5.02. The largest absolute Gasteiger partial charge is 0.514 e. The van der Waals surface area contributed by atoms with E-state index in [-0.39, 0.29) is 24.7 Å². The number of nitro groups is 1. The van der Waals surface area contributed by atoms with Gasteiger partial charge in [-0.1, -0.05) is 16.9 Å². The van der Waals surface area contributed by atoms with E-state index < -0.39 is 10.9 Å². The summed E-state index contributed by atoms with van der Waals surface area (Å²) in [5, 5.41) is 24.5. The van der Waals surface area contributed by atoms with Crippen LogP contribution in [-0.2, 0) is 17.8 Å². The second-order valence-corrected chi connectivity index (χ2v) is 4.56. The highest BCUT2D eigenvalue weighted by Gasteiger charge is 2.15. The fraction of sp³-hybridized carbons (Fsp3) is 0.250. The van der Waals surface area contributed by atoms with Crippen molar-refractivity contribution in [3.8, 4) is 0 Å². The average molecular weight is 321 g/mol. The van der Waals surface area contributed by atoms with Gasteiger partial charge in [-0.25, -0.2) is 9.82 Å². The van der Waals surface area contributed by atoms with Gasteiger partial charge in [0.25, 0.3) is 0 Å². The second kappa shape index (κ2) is 7.15. The van der Waals surface area contributed by atoms with Gasteiger partial charge in [0.2, 0.25) is 5.91 Å². The first-order chi connectivity index (χ1) is 10.9. The highest BCUT2D eigenvalue weighted by molar-refractivity contribution is 5.84. The molecule has 0 spiro atoms. The molecule has 0 aliphatic heterocycles. The molecule has 10 nitrogen and oxygen atoms in total. The molecule has 2 aromatic rings. The quantitative estimate of drug-likeness (QED) is 0.467. The minimum Gasteiger partial charge on any atom is -0.390 e. The molecule has 1 amide bonds. The molecule has 1 aromatic heterocycles. The van der Waals surface area contributed by atoms with Gasteiger partial charge in [-0.05, 0) is 29.5 Å². The molecule has 11 heteroatoms. The zero-order valence-electron chi connectivity index (χ0n) is 12.0. The summed E-state index contributed by atoms with van der Waals surface area (Å²) in [6.07, 6.45) is 0.0457. The molecule has 120 valence electrons. The van der Waals surface area contributed by atoms with E-state index in [0.29, 0.717) is 11.3 Å². The Hall–Kier alpha value is -3.24. The van der Waals surface area contributed by atoms with Crippen LogP contribution in [0.4, 0.5) is 10.3 Å². The van der Waals surface area contributed by atoms with Gasteiger partial charge < -0.3 is 10.1 Å². The molecule has 0 saturated carbocycles. The zero-order valence-corrected chi connectivity index (χ0v) is 12.0. The number of hydrogen-bond acceptors (Lipinski definition) is 7. The smallest absolute Gasteiger partial charge is 0.390 e. The van der Waals surface area contributed by atoms with Gasteiger partial charge in [-0.15, -0.1) is 0 Å². The number of aromatic nitrogens is 4. The van der Waals surface area contributed by atoms with Crippen molar-refractivity contribution in [2.75, 3.05) is 0 Å². The topological polar surface area (TPSA) is 128 Å². The summed E-state index contributed by atoms with van der Waals surface area (Å²) in [5.41, 5.74) is 3.39. The first-order valence-electron chi connectivity index (χ1n) is 6.42. The van der Waals surface area contributed by atoms with Crippen molar-refractivity contribution in [3.05, 3.63) is 45.8 Å². The van der Waals surface area contributed by atoms with E-state index in [4.69, 9.17) is 0 Å². The van der Waals surface area contributed by atoms with Crippen molar-refractivity contribution < 1.29 is 14.1 Å². The standard InChI is InChI=1S/C12H12FN7O3/c1-8(7-19-17-12(16-18-19)20(22)23)14-15-11(21)6-9-2-4-10(13)5-3-9/h2-5H,6-7H2,1H3,(H,15,21)/b14-8+. The van der Waals surface area contributed by atoms with Gasteiger partial charge in [-0.3, -0.25) is 4.79 Å². The predicted molar refractivity (Wildman–Crippen MR) is 75.8 cm³/mol. The minimum absolute atomic E-state index is 0.0394. The summed E-state index contributed by atoms with van der Waals surface area (Å²) in [6, 6.07) is 5.54. The third-order valence-electron chi connectivity index (χ3n) is 2.63. The third-order valence-corrected chi connectivity index (χ3v) is 2.63. The van der Waals surface area contributed by atoms with Crippen molar-refractivity contribution in [2.45, 2.75) is 19.9 Å². The van der Waals surface area contributed by atoms with Crippen LogP contribution >= 0.6 is 0 Å². The number of rotatable bonds is 6. The number of nitrogens with zero attached hydrogens (tertiary/aromatic N) is 6. The SMILES string of the molecule is C/C(Cn1nnc([N+](=O)[O-])n1)=N\NC(=O)Cc1ccc(F)cc1. The van der Waals surface area contributed by atoms with Crippen LogP contribution in [-0.4, -0.2) is 36.7 Å². The molecule has 0 bridgehead atoms. The summed E-state index contributed by atoms with van der Waals surface area (Å²) < 4.78 is 12.8. The summed E-state index contributed by atoms with van der Waals surface area (Å²) in [7, 11) is 0. The average Bonchev–Trinajstić information content (AvgIpc) is 2.96. The van der Waals surface area contributed by atoms with Gasteiger partial charge in [-0.2, -0.15) is 5.10 Å². The molecular formula is C12H12FN7O3. The maximum Gasteiger partial charge on any atom is 0.514 e. The lowest BCUT2D eigenvalue weighted by atomic mass is 10.1. The van der Waals surface area contributed by atoms with E-state index in [9.17, 15) is 19.3 Å². The molecule has 1 N–H and O–H groups in total. The van der Waals surface area contributed by atoms with E-state index >= 15 is 0 Å². The molecule has 0 atom stereocenters. The first kappa shape index (κ1) is 16.1. The molecule has 0 radical (unpaired) electrons.